The minimum absolute atomic E-state index is 0.00138. The first-order valence-corrected chi connectivity index (χ1v) is 10.4. The highest BCUT2D eigenvalue weighted by Crippen LogP contribution is 2.26. The number of hydrogen-bond donors (Lipinski definition) is 3. The molecule has 4 heterocycles. The number of amides is 1. The van der Waals surface area contributed by atoms with Crippen LogP contribution >= 0.6 is 0 Å². The fourth-order valence-corrected chi connectivity index (χ4v) is 3.20. The number of nitrogens with one attached hydrogen (secondary N) is 1. The molecule has 206 valence electrons. The van der Waals surface area contributed by atoms with Crippen LogP contribution in [-0.4, -0.2) is 86.7 Å². The van der Waals surface area contributed by atoms with Crippen molar-refractivity contribution in [2.75, 3.05) is 26.3 Å². The van der Waals surface area contributed by atoms with E-state index in [1.807, 2.05) is 24.0 Å². The Bertz CT molecular complexity index is 1070. The Morgan fingerprint density at radius 2 is 1.54 bits per heavy atom. The molecule has 0 saturated carbocycles. The Balaban J connectivity index is 0.000000286. The lowest BCUT2D eigenvalue weighted by atomic mass is 10.2. The first-order chi connectivity index (χ1) is 17.1. The van der Waals surface area contributed by atoms with Gasteiger partial charge in [0.15, 0.2) is 5.69 Å². The van der Waals surface area contributed by atoms with Gasteiger partial charge in [-0.1, -0.05) is 0 Å². The van der Waals surface area contributed by atoms with Crippen molar-refractivity contribution in [2.24, 2.45) is 0 Å². The Morgan fingerprint density at radius 1 is 1.00 bits per heavy atom. The van der Waals surface area contributed by atoms with E-state index in [1.54, 1.807) is 0 Å². The highest BCUT2D eigenvalue weighted by Gasteiger charge is 2.39. The van der Waals surface area contributed by atoms with Gasteiger partial charge in [0.1, 0.15) is 11.5 Å². The summed E-state index contributed by atoms with van der Waals surface area (Å²) >= 11 is 0. The minimum Gasteiger partial charge on any atom is -0.475 e. The van der Waals surface area contributed by atoms with Crippen LogP contribution < -0.4 is 0 Å². The molecule has 0 unspecified atom stereocenters. The van der Waals surface area contributed by atoms with Crippen molar-refractivity contribution in [3.05, 3.63) is 40.6 Å². The number of hydrogen-bond acceptors (Lipinski definition) is 7. The van der Waals surface area contributed by atoms with Gasteiger partial charge in [0.05, 0.1) is 25.5 Å². The van der Waals surface area contributed by atoms with E-state index in [9.17, 15) is 31.1 Å². The van der Waals surface area contributed by atoms with Crippen LogP contribution in [0.5, 0.6) is 0 Å². The van der Waals surface area contributed by atoms with Gasteiger partial charge in [-0.3, -0.25) is 14.8 Å². The van der Waals surface area contributed by atoms with Crippen LogP contribution in [0.4, 0.5) is 26.3 Å². The quantitative estimate of drug-likeness (QED) is 0.496. The number of furan rings is 1. The molecular weight excluding hydrogens is 522 g/mol. The molecule has 0 atom stereocenters. The van der Waals surface area contributed by atoms with Crippen molar-refractivity contribution >= 4 is 17.8 Å². The van der Waals surface area contributed by atoms with Crippen molar-refractivity contribution in [2.45, 2.75) is 38.9 Å². The summed E-state index contributed by atoms with van der Waals surface area (Å²) in [7, 11) is 0. The Morgan fingerprint density at radius 3 is 2.00 bits per heavy atom. The molecule has 1 saturated heterocycles. The zero-order chi connectivity index (χ0) is 28.0. The summed E-state index contributed by atoms with van der Waals surface area (Å²) < 4.78 is 74.4. The van der Waals surface area contributed by atoms with Crippen molar-refractivity contribution in [1.82, 2.24) is 20.0 Å². The first-order valence-electron chi connectivity index (χ1n) is 10.4. The number of morpholine rings is 1. The highest BCUT2D eigenvalue weighted by molar-refractivity contribution is 5.94. The number of aliphatic carboxylic acids is 2. The zero-order valence-corrected chi connectivity index (χ0v) is 19.1. The predicted molar refractivity (Wildman–Crippen MR) is 109 cm³/mol. The Kier molecular flexibility index (Phi) is 9.68. The number of fused-ring (bicyclic) bond motifs is 1. The monoisotopic (exact) mass is 544 g/mol. The number of rotatable bonds is 3. The first kappa shape index (κ1) is 29.6. The molecule has 2 aliphatic rings. The van der Waals surface area contributed by atoms with Gasteiger partial charge in [0.2, 0.25) is 0 Å². The molecule has 2 aliphatic heterocycles. The lowest BCUT2D eigenvalue weighted by molar-refractivity contribution is -0.193. The molecule has 1 fully saturated rings. The molecule has 11 nitrogen and oxygen atoms in total. The second-order valence-electron chi connectivity index (χ2n) is 7.70. The van der Waals surface area contributed by atoms with Gasteiger partial charge in [-0.15, -0.1) is 0 Å². The maximum absolute atomic E-state index is 12.6. The number of ether oxygens (including phenoxy) is 1. The molecule has 0 aliphatic carbocycles. The third-order valence-electron chi connectivity index (χ3n) is 4.88. The van der Waals surface area contributed by atoms with E-state index >= 15 is 0 Å². The van der Waals surface area contributed by atoms with Crippen LogP contribution in [0.1, 0.15) is 33.3 Å². The predicted octanol–water partition coefficient (Wildman–Crippen LogP) is 2.57. The van der Waals surface area contributed by atoms with Gasteiger partial charge >= 0.3 is 24.3 Å². The number of aryl methyl sites for hydroxylation is 1. The number of H-pyrrole nitrogens is 1. The zero-order valence-electron chi connectivity index (χ0n) is 19.1. The minimum atomic E-state index is -5.08. The molecule has 17 heteroatoms. The molecule has 4 rings (SSSR count). The number of carbonyl (C=O) groups excluding carboxylic acids is 1. The molecule has 2 aromatic rings. The van der Waals surface area contributed by atoms with Crippen molar-refractivity contribution < 1.29 is 60.1 Å². The summed E-state index contributed by atoms with van der Waals surface area (Å²) in [6.07, 6.45) is -10.2. The van der Waals surface area contributed by atoms with E-state index in [2.05, 4.69) is 15.1 Å². The summed E-state index contributed by atoms with van der Waals surface area (Å²) in [6.45, 7) is 6.63. The van der Waals surface area contributed by atoms with E-state index < -0.39 is 24.3 Å². The molecule has 0 spiro atoms. The molecule has 1 amide bonds. The van der Waals surface area contributed by atoms with Crippen LogP contribution in [0, 0.1) is 6.92 Å². The van der Waals surface area contributed by atoms with Crippen LogP contribution in [-0.2, 0) is 34.0 Å². The normalized spacial score (nSPS) is 15.7. The van der Waals surface area contributed by atoms with Crippen LogP contribution in [0.2, 0.25) is 0 Å². The van der Waals surface area contributed by atoms with E-state index in [-0.39, 0.29) is 5.91 Å². The summed E-state index contributed by atoms with van der Waals surface area (Å²) in [5, 5.41) is 21.5. The van der Waals surface area contributed by atoms with Crippen LogP contribution in [0.25, 0.3) is 0 Å². The largest absolute Gasteiger partial charge is 0.490 e. The standard InChI is InChI=1S/C16H20N4O3.2C2HF3O2/c1-11-2-3-12(23-11)8-19-9-13-14(10-19)17-18-15(13)16(21)20-4-6-22-7-5-20;2*3-2(4,5)1(6)7/h2-3H,4-10H2,1H3,(H,17,18);2*(H,6,7). The second kappa shape index (κ2) is 12.1. The van der Waals surface area contributed by atoms with Gasteiger partial charge in [0.25, 0.3) is 5.91 Å². The SMILES string of the molecule is Cc1ccc(CN2Cc3[nH]nc(C(=O)N4CCOCC4)c3C2)o1.O=C(O)C(F)(F)F.O=C(O)C(F)(F)F. The van der Waals surface area contributed by atoms with Gasteiger partial charge in [-0.05, 0) is 19.1 Å². The molecule has 2 aromatic heterocycles. The summed E-state index contributed by atoms with van der Waals surface area (Å²) in [5.41, 5.74) is 2.61. The van der Waals surface area contributed by atoms with Crippen LogP contribution in [0.3, 0.4) is 0 Å². The fraction of sp³-hybridized carbons (Fsp3) is 0.500. The van der Waals surface area contributed by atoms with Crippen molar-refractivity contribution in [1.29, 1.82) is 0 Å². The number of aromatic amines is 1. The summed E-state index contributed by atoms with van der Waals surface area (Å²) in [5.74, 6) is -3.65. The van der Waals surface area contributed by atoms with E-state index in [0.29, 0.717) is 32.0 Å². The second-order valence-corrected chi connectivity index (χ2v) is 7.70. The number of carbonyl (C=O) groups is 3. The summed E-state index contributed by atoms with van der Waals surface area (Å²) in [4.78, 5) is 34.5. The molecule has 0 aromatic carbocycles. The number of carboxylic acid groups (broad SMARTS) is 2. The van der Waals surface area contributed by atoms with Crippen molar-refractivity contribution in [3.8, 4) is 0 Å². The highest BCUT2D eigenvalue weighted by atomic mass is 19.4. The number of nitrogens with zero attached hydrogens (tertiary/aromatic N) is 3. The topological polar surface area (TPSA) is 149 Å². The van der Waals surface area contributed by atoms with Gasteiger partial charge in [-0.2, -0.15) is 31.4 Å². The third-order valence-corrected chi connectivity index (χ3v) is 4.88. The number of aromatic nitrogens is 2. The summed E-state index contributed by atoms with van der Waals surface area (Å²) in [6, 6.07) is 3.97. The average molecular weight is 544 g/mol. The molecule has 3 N–H and O–H groups in total. The number of alkyl halides is 6. The lowest BCUT2D eigenvalue weighted by Crippen LogP contribution is -2.41. The maximum Gasteiger partial charge on any atom is 0.490 e. The molecule has 37 heavy (non-hydrogen) atoms. The smallest absolute Gasteiger partial charge is 0.475 e. The number of halogens is 6. The molecule has 0 bridgehead atoms. The van der Waals surface area contributed by atoms with E-state index in [4.69, 9.17) is 29.0 Å². The molecule has 0 radical (unpaired) electrons. The Labute approximate surface area is 204 Å². The van der Waals surface area contributed by atoms with Gasteiger partial charge in [-0.25, -0.2) is 9.59 Å². The van der Waals surface area contributed by atoms with Gasteiger partial charge < -0.3 is 24.3 Å². The molecular formula is C20H22F6N4O7. The average Bonchev–Trinajstić information content (AvgIpc) is 3.49. The lowest BCUT2D eigenvalue weighted by Gasteiger charge is -2.26. The maximum atomic E-state index is 12.6. The van der Waals surface area contributed by atoms with Crippen molar-refractivity contribution in [3.63, 3.8) is 0 Å². The van der Waals surface area contributed by atoms with Crippen LogP contribution in [0.15, 0.2) is 16.5 Å². The van der Waals surface area contributed by atoms with E-state index in [1.165, 1.54) is 0 Å². The Hall–Kier alpha value is -3.60. The fourth-order valence-electron chi connectivity index (χ4n) is 3.20. The van der Waals surface area contributed by atoms with E-state index in [0.717, 1.165) is 42.4 Å². The van der Waals surface area contributed by atoms with Gasteiger partial charge in [0, 0.05) is 31.7 Å². The number of carboxylic acids is 2. The third kappa shape index (κ3) is 8.78.